The molecule has 0 radical (unpaired) electrons. The Bertz CT molecular complexity index is 376. The summed E-state index contributed by atoms with van der Waals surface area (Å²) in [5.41, 5.74) is 1.22. The number of likely N-dealkylation sites (N-methyl/N-ethyl adjacent to an activating group) is 1. The summed E-state index contributed by atoms with van der Waals surface area (Å²) in [4.78, 5) is 0. The lowest BCUT2D eigenvalue weighted by Gasteiger charge is -2.19. The molecule has 1 atom stereocenters. The summed E-state index contributed by atoms with van der Waals surface area (Å²) in [6.07, 6.45) is 3.17. The molecule has 1 aliphatic heterocycles. The van der Waals surface area contributed by atoms with Crippen LogP contribution in [0.15, 0.2) is 40.6 Å². The van der Waals surface area contributed by atoms with E-state index >= 15 is 0 Å². The molecule has 2 nitrogen and oxygen atoms in total. The number of ether oxygens (including phenoxy) is 1. The van der Waals surface area contributed by atoms with Gasteiger partial charge in [0.05, 0.1) is 12.6 Å². The number of halogens is 1. The van der Waals surface area contributed by atoms with Crippen LogP contribution in [-0.4, -0.2) is 13.7 Å². The van der Waals surface area contributed by atoms with Crippen molar-refractivity contribution in [3.05, 3.63) is 46.1 Å². The summed E-state index contributed by atoms with van der Waals surface area (Å²) in [5, 5.41) is 3.28. The highest BCUT2D eigenvalue weighted by molar-refractivity contribution is 9.10. The number of rotatable bonds is 3. The van der Waals surface area contributed by atoms with Gasteiger partial charge in [0.25, 0.3) is 0 Å². The highest BCUT2D eigenvalue weighted by Gasteiger charge is 2.20. The summed E-state index contributed by atoms with van der Waals surface area (Å²) in [6, 6.07) is 8.37. The van der Waals surface area contributed by atoms with Crippen LogP contribution in [0, 0.1) is 0 Å². The first-order valence-corrected chi connectivity index (χ1v) is 5.87. The molecule has 1 unspecified atom stereocenters. The minimum Gasteiger partial charge on any atom is -0.496 e. The Labute approximate surface area is 98.5 Å². The van der Waals surface area contributed by atoms with Gasteiger partial charge in [0.15, 0.2) is 0 Å². The maximum atomic E-state index is 5.59. The fraction of sp³-hybridized carbons (Fsp3) is 0.333. The Morgan fingerprint density at radius 3 is 2.80 bits per heavy atom. The molecule has 2 rings (SSSR count). The minimum atomic E-state index is 0.156. The topological polar surface area (TPSA) is 21.3 Å². The molecular formula is C12H14BrNO. The van der Waals surface area contributed by atoms with Gasteiger partial charge in [-0.2, -0.15) is 0 Å². The minimum absolute atomic E-state index is 0.156. The Hall–Kier alpha value is -0.800. The number of nitrogens with one attached hydrogen (secondary N) is 1. The third kappa shape index (κ3) is 2.24. The third-order valence-corrected chi connectivity index (χ3v) is 3.24. The molecule has 1 aromatic rings. The molecule has 1 N–H and O–H groups in total. The van der Waals surface area contributed by atoms with Crippen molar-refractivity contribution >= 4 is 15.9 Å². The van der Waals surface area contributed by atoms with E-state index < -0.39 is 0 Å². The predicted octanol–water partition coefficient (Wildman–Crippen LogP) is 3.01. The number of benzene rings is 1. The van der Waals surface area contributed by atoms with Crippen LogP contribution >= 0.6 is 15.9 Å². The van der Waals surface area contributed by atoms with E-state index in [2.05, 4.69) is 39.5 Å². The molecular weight excluding hydrogens is 254 g/mol. The molecule has 1 heterocycles. The summed E-state index contributed by atoms with van der Waals surface area (Å²) in [6.45, 7) is 0.804. The van der Waals surface area contributed by atoms with Crippen LogP contribution in [0.3, 0.4) is 0 Å². The molecule has 1 aliphatic rings. The molecule has 80 valence electrons. The molecule has 0 bridgehead atoms. The average Bonchev–Trinajstić information content (AvgIpc) is 2.75. The van der Waals surface area contributed by atoms with E-state index in [1.165, 1.54) is 5.56 Å². The third-order valence-electron chi connectivity index (χ3n) is 2.52. The molecule has 1 aromatic carbocycles. The van der Waals surface area contributed by atoms with Crippen molar-refractivity contribution in [2.45, 2.75) is 12.5 Å². The van der Waals surface area contributed by atoms with Gasteiger partial charge >= 0.3 is 0 Å². The zero-order valence-corrected chi connectivity index (χ0v) is 10.3. The molecule has 0 saturated carbocycles. The number of hydrogen-bond donors (Lipinski definition) is 1. The first-order valence-electron chi connectivity index (χ1n) is 5.07. The SMILES string of the molecule is CNC(C1=CCCO1)c1ccccc1Br. The van der Waals surface area contributed by atoms with E-state index in [-0.39, 0.29) is 6.04 Å². The van der Waals surface area contributed by atoms with Crippen molar-refractivity contribution in [2.75, 3.05) is 13.7 Å². The van der Waals surface area contributed by atoms with E-state index in [1.54, 1.807) is 0 Å². The lowest BCUT2D eigenvalue weighted by molar-refractivity contribution is 0.218. The van der Waals surface area contributed by atoms with Gasteiger partial charge in [-0.1, -0.05) is 34.1 Å². The van der Waals surface area contributed by atoms with Crippen molar-refractivity contribution in [2.24, 2.45) is 0 Å². The zero-order valence-electron chi connectivity index (χ0n) is 8.66. The molecule has 0 aliphatic carbocycles. The van der Waals surface area contributed by atoms with Crippen LogP contribution in [-0.2, 0) is 4.74 Å². The Morgan fingerprint density at radius 1 is 1.40 bits per heavy atom. The van der Waals surface area contributed by atoms with Gasteiger partial charge in [0, 0.05) is 10.9 Å². The average molecular weight is 268 g/mol. The van der Waals surface area contributed by atoms with Gasteiger partial charge in [-0.15, -0.1) is 0 Å². The molecule has 0 fully saturated rings. The fourth-order valence-electron chi connectivity index (χ4n) is 1.80. The molecule has 0 spiro atoms. The van der Waals surface area contributed by atoms with Gasteiger partial charge in [-0.05, 0) is 24.8 Å². The molecule has 3 heteroatoms. The monoisotopic (exact) mass is 267 g/mol. The van der Waals surface area contributed by atoms with E-state index in [0.717, 1.165) is 23.3 Å². The molecule has 0 saturated heterocycles. The fourth-order valence-corrected chi connectivity index (χ4v) is 2.31. The first kappa shape index (κ1) is 10.7. The van der Waals surface area contributed by atoms with Gasteiger partial charge in [-0.3, -0.25) is 0 Å². The highest BCUT2D eigenvalue weighted by atomic mass is 79.9. The van der Waals surface area contributed by atoms with Crippen LogP contribution < -0.4 is 5.32 Å². The second-order valence-electron chi connectivity index (χ2n) is 3.49. The Morgan fingerprint density at radius 2 is 2.20 bits per heavy atom. The summed E-state index contributed by atoms with van der Waals surface area (Å²) < 4.78 is 6.70. The Balaban J connectivity index is 2.30. The smallest absolute Gasteiger partial charge is 0.114 e. The van der Waals surface area contributed by atoms with Crippen LogP contribution in [0.25, 0.3) is 0 Å². The highest BCUT2D eigenvalue weighted by Crippen LogP contribution is 2.30. The van der Waals surface area contributed by atoms with Crippen LogP contribution in [0.5, 0.6) is 0 Å². The zero-order chi connectivity index (χ0) is 10.7. The van der Waals surface area contributed by atoms with Crippen molar-refractivity contribution in [1.29, 1.82) is 0 Å². The molecule has 0 aromatic heterocycles. The summed E-state index contributed by atoms with van der Waals surface area (Å²) in [5.74, 6) is 1.03. The standard InChI is InChI=1S/C12H14BrNO/c1-14-12(11-7-4-8-15-11)9-5-2-3-6-10(9)13/h2-3,5-7,12,14H,4,8H2,1H3. The molecule has 0 amide bonds. The van der Waals surface area contributed by atoms with Gasteiger partial charge in [-0.25, -0.2) is 0 Å². The van der Waals surface area contributed by atoms with Gasteiger partial charge in [0.1, 0.15) is 5.76 Å². The Kier molecular flexibility index (Phi) is 3.44. The first-order chi connectivity index (χ1) is 7.33. The van der Waals surface area contributed by atoms with Crippen molar-refractivity contribution < 1.29 is 4.74 Å². The summed E-state index contributed by atoms with van der Waals surface area (Å²) >= 11 is 3.56. The van der Waals surface area contributed by atoms with Crippen molar-refractivity contribution in [1.82, 2.24) is 5.32 Å². The van der Waals surface area contributed by atoms with Gasteiger partial charge in [0.2, 0.25) is 0 Å². The molecule has 15 heavy (non-hydrogen) atoms. The lowest BCUT2D eigenvalue weighted by Crippen LogP contribution is -2.19. The van der Waals surface area contributed by atoms with Crippen molar-refractivity contribution in [3.63, 3.8) is 0 Å². The van der Waals surface area contributed by atoms with Crippen LogP contribution in [0.4, 0.5) is 0 Å². The van der Waals surface area contributed by atoms with Crippen LogP contribution in [0.1, 0.15) is 18.0 Å². The van der Waals surface area contributed by atoms with E-state index in [1.807, 2.05) is 19.2 Å². The summed E-state index contributed by atoms with van der Waals surface area (Å²) in [7, 11) is 1.95. The van der Waals surface area contributed by atoms with E-state index in [9.17, 15) is 0 Å². The van der Waals surface area contributed by atoms with Gasteiger partial charge < -0.3 is 10.1 Å². The van der Waals surface area contributed by atoms with Crippen LogP contribution in [0.2, 0.25) is 0 Å². The number of hydrogen-bond acceptors (Lipinski definition) is 2. The maximum absolute atomic E-state index is 5.59. The van der Waals surface area contributed by atoms with E-state index in [0.29, 0.717) is 0 Å². The lowest BCUT2D eigenvalue weighted by atomic mass is 10.1. The maximum Gasteiger partial charge on any atom is 0.114 e. The second-order valence-corrected chi connectivity index (χ2v) is 4.34. The largest absolute Gasteiger partial charge is 0.496 e. The van der Waals surface area contributed by atoms with E-state index in [4.69, 9.17) is 4.74 Å². The normalized spacial score (nSPS) is 17.1. The van der Waals surface area contributed by atoms with Crippen molar-refractivity contribution in [3.8, 4) is 0 Å². The predicted molar refractivity (Wildman–Crippen MR) is 64.6 cm³/mol. The second kappa shape index (κ2) is 4.81. The quantitative estimate of drug-likeness (QED) is 0.909.